The molecule has 5 rings (SSSR count). The van der Waals surface area contributed by atoms with Gasteiger partial charge in [-0.25, -0.2) is 0 Å². The number of aryl methyl sites for hydroxylation is 1. The minimum Gasteiger partial charge on any atom is -0.378 e. The lowest BCUT2D eigenvalue weighted by atomic mass is 9.85. The number of morpholine rings is 1. The van der Waals surface area contributed by atoms with Gasteiger partial charge in [0.15, 0.2) is 0 Å². The van der Waals surface area contributed by atoms with Gasteiger partial charge in [-0.15, -0.1) is 0 Å². The van der Waals surface area contributed by atoms with E-state index in [0.29, 0.717) is 61.1 Å². The number of anilines is 3. The van der Waals surface area contributed by atoms with Gasteiger partial charge in [0.1, 0.15) is 0 Å². The first-order valence-electron chi connectivity index (χ1n) is 11.5. The van der Waals surface area contributed by atoms with Crippen molar-refractivity contribution in [3.63, 3.8) is 0 Å². The monoisotopic (exact) mass is 479 g/mol. The minimum absolute atomic E-state index is 0.199. The Morgan fingerprint density at radius 1 is 1.00 bits per heavy atom. The fourth-order valence-corrected chi connectivity index (χ4v) is 5.03. The number of halogens is 1. The predicted octanol–water partition coefficient (Wildman–Crippen LogP) is 4.19. The SMILES string of the molecule is Cc1ccc(NC(=O)c2cc(N3C(=O)[C@H]4CC=CC[C@H]4C3=O)ccc2N2CCOCC2)cc1Cl. The molecule has 0 aromatic heterocycles. The lowest BCUT2D eigenvalue weighted by molar-refractivity contribution is -0.122. The van der Waals surface area contributed by atoms with Crippen molar-refractivity contribution in [2.45, 2.75) is 19.8 Å². The highest BCUT2D eigenvalue weighted by molar-refractivity contribution is 6.31. The number of allylic oxidation sites excluding steroid dienone is 2. The normalized spacial score (nSPS) is 22.2. The van der Waals surface area contributed by atoms with Gasteiger partial charge in [0.2, 0.25) is 11.8 Å². The molecule has 2 heterocycles. The Balaban J connectivity index is 1.50. The van der Waals surface area contributed by atoms with Crippen molar-refractivity contribution in [1.82, 2.24) is 0 Å². The van der Waals surface area contributed by atoms with Gasteiger partial charge in [-0.3, -0.25) is 19.3 Å². The number of amides is 3. The van der Waals surface area contributed by atoms with E-state index in [4.69, 9.17) is 16.3 Å². The van der Waals surface area contributed by atoms with Crippen LogP contribution in [0.15, 0.2) is 48.6 Å². The highest BCUT2D eigenvalue weighted by atomic mass is 35.5. The summed E-state index contributed by atoms with van der Waals surface area (Å²) in [5.41, 5.74) is 3.04. The Hall–Kier alpha value is -3.16. The second kappa shape index (κ2) is 9.24. The third kappa shape index (κ3) is 4.10. The highest BCUT2D eigenvalue weighted by Gasteiger charge is 2.48. The molecule has 0 bridgehead atoms. The van der Waals surface area contributed by atoms with Crippen molar-refractivity contribution >= 4 is 46.4 Å². The third-order valence-electron chi connectivity index (χ3n) is 6.77. The Labute approximate surface area is 203 Å². The number of hydrogen-bond acceptors (Lipinski definition) is 5. The number of ether oxygens (including phenoxy) is 1. The summed E-state index contributed by atoms with van der Waals surface area (Å²) in [5, 5.41) is 3.48. The lowest BCUT2D eigenvalue weighted by Crippen LogP contribution is -2.37. The average Bonchev–Trinajstić information content (AvgIpc) is 3.11. The molecule has 34 heavy (non-hydrogen) atoms. The van der Waals surface area contributed by atoms with E-state index >= 15 is 0 Å². The van der Waals surface area contributed by atoms with Crippen molar-refractivity contribution in [2.75, 3.05) is 41.4 Å². The molecule has 1 N–H and O–H groups in total. The number of nitrogens with one attached hydrogen (secondary N) is 1. The molecule has 3 amide bonds. The molecule has 2 aromatic carbocycles. The first kappa shape index (κ1) is 22.6. The van der Waals surface area contributed by atoms with Gasteiger partial charge in [-0.05, 0) is 55.7 Å². The van der Waals surface area contributed by atoms with Crippen LogP contribution in [0.25, 0.3) is 0 Å². The van der Waals surface area contributed by atoms with Gasteiger partial charge in [-0.1, -0.05) is 29.8 Å². The van der Waals surface area contributed by atoms with Gasteiger partial charge in [0.25, 0.3) is 5.91 Å². The third-order valence-corrected chi connectivity index (χ3v) is 7.18. The van der Waals surface area contributed by atoms with E-state index in [1.54, 1.807) is 24.3 Å². The number of fused-ring (bicyclic) bond motifs is 1. The largest absolute Gasteiger partial charge is 0.378 e. The van der Waals surface area contributed by atoms with Gasteiger partial charge < -0.3 is 15.0 Å². The number of imide groups is 1. The molecular weight excluding hydrogens is 454 g/mol. The summed E-state index contributed by atoms with van der Waals surface area (Å²) in [4.78, 5) is 43.0. The molecule has 0 spiro atoms. The van der Waals surface area contributed by atoms with E-state index in [-0.39, 0.29) is 29.6 Å². The maximum absolute atomic E-state index is 13.4. The average molecular weight is 480 g/mol. The zero-order chi connectivity index (χ0) is 23.8. The predicted molar refractivity (Wildman–Crippen MR) is 131 cm³/mol. The van der Waals surface area contributed by atoms with Crippen LogP contribution in [0.5, 0.6) is 0 Å². The molecule has 2 saturated heterocycles. The molecule has 2 atom stereocenters. The Bertz CT molecular complexity index is 1160. The summed E-state index contributed by atoms with van der Waals surface area (Å²) in [6.07, 6.45) is 5.06. The van der Waals surface area contributed by atoms with Crippen LogP contribution in [-0.4, -0.2) is 44.0 Å². The fourth-order valence-electron chi connectivity index (χ4n) is 4.85. The summed E-state index contributed by atoms with van der Waals surface area (Å²) in [6.45, 7) is 4.32. The Kier molecular flexibility index (Phi) is 6.15. The zero-order valence-electron chi connectivity index (χ0n) is 18.9. The lowest BCUT2D eigenvalue weighted by Gasteiger charge is -2.31. The van der Waals surface area contributed by atoms with E-state index in [1.807, 2.05) is 31.2 Å². The van der Waals surface area contributed by atoms with Crippen LogP contribution in [0.1, 0.15) is 28.8 Å². The van der Waals surface area contributed by atoms with E-state index in [9.17, 15) is 14.4 Å². The number of hydrogen-bond donors (Lipinski definition) is 1. The number of rotatable bonds is 4. The molecule has 8 heteroatoms. The molecule has 2 aromatic rings. The molecule has 2 fully saturated rings. The van der Waals surface area contributed by atoms with E-state index < -0.39 is 0 Å². The smallest absolute Gasteiger partial charge is 0.257 e. The summed E-state index contributed by atoms with van der Waals surface area (Å²) < 4.78 is 5.47. The molecule has 2 aliphatic heterocycles. The topological polar surface area (TPSA) is 79.0 Å². The number of nitrogens with zero attached hydrogens (tertiary/aromatic N) is 2. The maximum atomic E-state index is 13.4. The van der Waals surface area contributed by atoms with Crippen LogP contribution in [0, 0.1) is 18.8 Å². The molecular formula is C26H26ClN3O4. The zero-order valence-corrected chi connectivity index (χ0v) is 19.7. The Morgan fingerprint density at radius 2 is 1.68 bits per heavy atom. The highest BCUT2D eigenvalue weighted by Crippen LogP contribution is 2.39. The summed E-state index contributed by atoms with van der Waals surface area (Å²) in [7, 11) is 0. The molecule has 0 radical (unpaired) electrons. The van der Waals surface area contributed by atoms with Crippen LogP contribution < -0.4 is 15.1 Å². The van der Waals surface area contributed by atoms with E-state index in [0.717, 1.165) is 11.3 Å². The van der Waals surface area contributed by atoms with Crippen molar-refractivity contribution in [3.05, 3.63) is 64.7 Å². The van der Waals surface area contributed by atoms with E-state index in [2.05, 4.69) is 10.2 Å². The second-order valence-electron chi connectivity index (χ2n) is 8.89. The van der Waals surface area contributed by atoms with Gasteiger partial charge >= 0.3 is 0 Å². The summed E-state index contributed by atoms with van der Waals surface area (Å²) >= 11 is 6.24. The summed E-state index contributed by atoms with van der Waals surface area (Å²) in [6, 6.07) is 10.6. The molecule has 7 nitrogen and oxygen atoms in total. The maximum Gasteiger partial charge on any atom is 0.257 e. The van der Waals surface area contributed by atoms with Crippen LogP contribution in [0.2, 0.25) is 5.02 Å². The minimum atomic E-state index is -0.332. The van der Waals surface area contributed by atoms with Crippen LogP contribution >= 0.6 is 11.6 Å². The molecule has 0 saturated carbocycles. The van der Waals surface area contributed by atoms with Crippen molar-refractivity contribution in [1.29, 1.82) is 0 Å². The van der Waals surface area contributed by atoms with Gasteiger partial charge in [0, 0.05) is 29.5 Å². The first-order chi connectivity index (χ1) is 16.4. The van der Waals surface area contributed by atoms with Crippen LogP contribution in [0.3, 0.4) is 0 Å². The standard InChI is InChI=1S/C26H26ClN3O4/c1-16-6-7-17(14-22(16)27)28-24(31)21-15-18(8-9-23(21)29-10-12-34-13-11-29)30-25(32)19-4-2-3-5-20(19)26(30)33/h2-3,6-9,14-15,19-20H,4-5,10-13H2,1H3,(H,28,31)/t19-,20+. The molecule has 176 valence electrons. The van der Waals surface area contributed by atoms with Crippen molar-refractivity contribution in [2.24, 2.45) is 11.8 Å². The van der Waals surface area contributed by atoms with Crippen LogP contribution in [0.4, 0.5) is 17.1 Å². The fraction of sp³-hybridized carbons (Fsp3) is 0.346. The van der Waals surface area contributed by atoms with E-state index in [1.165, 1.54) is 4.90 Å². The number of carbonyl (C=O) groups is 3. The number of benzene rings is 2. The molecule has 3 aliphatic rings. The van der Waals surface area contributed by atoms with Crippen molar-refractivity contribution in [3.8, 4) is 0 Å². The van der Waals surface area contributed by atoms with Crippen molar-refractivity contribution < 1.29 is 19.1 Å². The molecule has 0 unspecified atom stereocenters. The van der Waals surface area contributed by atoms with Crippen LogP contribution in [-0.2, 0) is 14.3 Å². The molecule has 1 aliphatic carbocycles. The quantitative estimate of drug-likeness (QED) is 0.525. The van der Waals surface area contributed by atoms with Gasteiger partial charge in [0.05, 0.1) is 36.3 Å². The second-order valence-corrected chi connectivity index (χ2v) is 9.29. The summed E-state index contributed by atoms with van der Waals surface area (Å²) in [5.74, 6) is -1.39. The number of carbonyl (C=O) groups excluding carboxylic acids is 3. The first-order valence-corrected chi connectivity index (χ1v) is 11.9. The van der Waals surface area contributed by atoms with Gasteiger partial charge in [-0.2, -0.15) is 0 Å². The Morgan fingerprint density at radius 3 is 2.32 bits per heavy atom.